The van der Waals surface area contributed by atoms with Crippen LogP contribution in [0.2, 0.25) is 5.02 Å². The summed E-state index contributed by atoms with van der Waals surface area (Å²) in [7, 11) is 1.70. The van der Waals surface area contributed by atoms with Gasteiger partial charge in [-0.3, -0.25) is 9.48 Å². The minimum absolute atomic E-state index is 0.185. The van der Waals surface area contributed by atoms with E-state index < -0.39 is 0 Å². The topological polar surface area (TPSA) is 46.9 Å². The molecule has 1 rings (SSSR count). The molecule has 5 heteroatoms. The summed E-state index contributed by atoms with van der Waals surface area (Å²) < 4.78 is 1.49. The van der Waals surface area contributed by atoms with E-state index in [1.165, 1.54) is 4.68 Å². The van der Waals surface area contributed by atoms with Crippen LogP contribution >= 0.6 is 11.6 Å². The number of hydrogen-bond donors (Lipinski definition) is 1. The third-order valence-corrected chi connectivity index (χ3v) is 2.15. The average molecular weight is 202 g/mol. The van der Waals surface area contributed by atoms with E-state index in [9.17, 15) is 4.79 Å². The summed E-state index contributed by atoms with van der Waals surface area (Å²) in [5.74, 6) is -0.185. The number of hydrogen-bond acceptors (Lipinski definition) is 2. The summed E-state index contributed by atoms with van der Waals surface area (Å²) in [6.45, 7) is 4.21. The van der Waals surface area contributed by atoms with Crippen molar-refractivity contribution in [2.75, 3.05) is 6.54 Å². The van der Waals surface area contributed by atoms with Gasteiger partial charge in [-0.2, -0.15) is 5.10 Å². The van der Waals surface area contributed by atoms with Gasteiger partial charge in [0.2, 0.25) is 0 Å². The first-order chi connectivity index (χ1) is 6.07. The molecule has 0 aliphatic carbocycles. The van der Waals surface area contributed by atoms with Crippen LogP contribution in [0.5, 0.6) is 0 Å². The third-order valence-electron chi connectivity index (χ3n) is 1.70. The maximum absolute atomic E-state index is 11.4. The first-order valence-electron chi connectivity index (χ1n) is 4.05. The Labute approximate surface area is 81.9 Å². The normalized spacial score (nSPS) is 10.2. The Hall–Kier alpha value is -1.03. The van der Waals surface area contributed by atoms with Crippen LogP contribution in [0.15, 0.2) is 0 Å². The van der Waals surface area contributed by atoms with Crippen LogP contribution in [-0.2, 0) is 7.05 Å². The van der Waals surface area contributed by atoms with E-state index in [1.807, 2.05) is 6.92 Å². The van der Waals surface area contributed by atoms with E-state index in [0.29, 0.717) is 23.0 Å². The monoisotopic (exact) mass is 201 g/mol. The Morgan fingerprint density at radius 3 is 2.69 bits per heavy atom. The summed E-state index contributed by atoms with van der Waals surface area (Å²) in [5.41, 5.74) is 1.09. The molecule has 0 bridgehead atoms. The van der Waals surface area contributed by atoms with E-state index in [1.54, 1.807) is 14.0 Å². The van der Waals surface area contributed by atoms with Crippen LogP contribution in [0.1, 0.15) is 23.1 Å². The second kappa shape index (κ2) is 3.79. The number of rotatable bonds is 2. The van der Waals surface area contributed by atoms with Gasteiger partial charge in [-0.05, 0) is 13.8 Å². The van der Waals surface area contributed by atoms with Gasteiger partial charge in [0, 0.05) is 13.6 Å². The van der Waals surface area contributed by atoms with Gasteiger partial charge in [0.15, 0.2) is 0 Å². The molecule has 0 aliphatic heterocycles. The summed E-state index contributed by atoms with van der Waals surface area (Å²) >= 11 is 5.90. The van der Waals surface area contributed by atoms with E-state index in [2.05, 4.69) is 10.4 Å². The smallest absolute Gasteiger partial charge is 0.271 e. The molecule has 0 radical (unpaired) electrons. The number of carbonyl (C=O) groups is 1. The van der Waals surface area contributed by atoms with Gasteiger partial charge in [0.25, 0.3) is 5.91 Å². The van der Waals surface area contributed by atoms with Crippen molar-refractivity contribution >= 4 is 17.5 Å². The molecular weight excluding hydrogens is 190 g/mol. The van der Waals surface area contributed by atoms with Crippen LogP contribution < -0.4 is 5.32 Å². The van der Waals surface area contributed by atoms with Gasteiger partial charge in [0.1, 0.15) is 5.69 Å². The Bertz CT molecular complexity index is 332. The lowest BCUT2D eigenvalue weighted by Gasteiger charge is -2.01. The molecule has 1 heterocycles. The molecule has 0 aliphatic rings. The summed E-state index contributed by atoms with van der Waals surface area (Å²) in [6.07, 6.45) is 0. The van der Waals surface area contributed by atoms with Crippen molar-refractivity contribution < 1.29 is 4.79 Å². The number of carbonyl (C=O) groups excluding carboxylic acids is 1. The molecule has 0 fully saturated rings. The molecule has 1 amide bonds. The maximum atomic E-state index is 11.4. The zero-order chi connectivity index (χ0) is 10.0. The van der Waals surface area contributed by atoms with Gasteiger partial charge in [-0.15, -0.1) is 0 Å². The molecule has 0 aromatic carbocycles. The van der Waals surface area contributed by atoms with Crippen LogP contribution in [0.4, 0.5) is 0 Å². The lowest BCUT2D eigenvalue weighted by molar-refractivity contribution is 0.0946. The number of nitrogens with one attached hydrogen (secondary N) is 1. The fourth-order valence-corrected chi connectivity index (χ4v) is 1.37. The van der Waals surface area contributed by atoms with Gasteiger partial charge in [0.05, 0.1) is 10.7 Å². The molecular formula is C8H12ClN3O. The summed E-state index contributed by atoms with van der Waals surface area (Å²) in [4.78, 5) is 11.4. The molecule has 1 aromatic heterocycles. The standard InChI is InChI=1S/C8H12ClN3O/c1-4-10-8(13)7-6(9)5(2)11-12(7)3/h4H2,1-3H3,(H,10,13). The van der Waals surface area contributed by atoms with Crippen molar-refractivity contribution in [3.8, 4) is 0 Å². The summed E-state index contributed by atoms with van der Waals surface area (Å²) in [5, 5.41) is 7.13. The van der Waals surface area contributed by atoms with Crippen molar-refractivity contribution in [3.05, 3.63) is 16.4 Å². The first kappa shape index (κ1) is 10.1. The van der Waals surface area contributed by atoms with Crippen molar-refractivity contribution in [1.29, 1.82) is 0 Å². The molecule has 13 heavy (non-hydrogen) atoms. The lowest BCUT2D eigenvalue weighted by atomic mass is 10.3. The highest BCUT2D eigenvalue weighted by Gasteiger charge is 2.17. The molecule has 1 aromatic rings. The maximum Gasteiger partial charge on any atom is 0.271 e. The highest BCUT2D eigenvalue weighted by atomic mass is 35.5. The number of aromatic nitrogens is 2. The minimum atomic E-state index is -0.185. The van der Waals surface area contributed by atoms with Crippen molar-refractivity contribution in [2.24, 2.45) is 7.05 Å². The largest absolute Gasteiger partial charge is 0.351 e. The molecule has 0 saturated heterocycles. The zero-order valence-electron chi connectivity index (χ0n) is 7.89. The second-order valence-electron chi connectivity index (χ2n) is 2.73. The Kier molecular flexibility index (Phi) is 2.93. The SMILES string of the molecule is CCNC(=O)c1c(Cl)c(C)nn1C. The van der Waals surface area contributed by atoms with E-state index in [0.717, 1.165) is 0 Å². The Balaban J connectivity index is 3.06. The van der Waals surface area contributed by atoms with Crippen LogP contribution in [0.25, 0.3) is 0 Å². The molecule has 0 atom stereocenters. The van der Waals surface area contributed by atoms with Gasteiger partial charge >= 0.3 is 0 Å². The van der Waals surface area contributed by atoms with Crippen LogP contribution in [0, 0.1) is 6.92 Å². The Morgan fingerprint density at radius 1 is 1.69 bits per heavy atom. The van der Waals surface area contributed by atoms with Crippen molar-refractivity contribution in [1.82, 2.24) is 15.1 Å². The molecule has 0 saturated carbocycles. The molecule has 4 nitrogen and oxygen atoms in total. The number of halogens is 1. The highest BCUT2D eigenvalue weighted by molar-refractivity contribution is 6.34. The Morgan fingerprint density at radius 2 is 2.31 bits per heavy atom. The first-order valence-corrected chi connectivity index (χ1v) is 4.43. The van der Waals surface area contributed by atoms with Gasteiger partial charge in [-0.1, -0.05) is 11.6 Å². The van der Waals surface area contributed by atoms with Crippen molar-refractivity contribution in [2.45, 2.75) is 13.8 Å². The van der Waals surface area contributed by atoms with Crippen LogP contribution in [-0.4, -0.2) is 22.2 Å². The van der Waals surface area contributed by atoms with E-state index in [-0.39, 0.29) is 5.91 Å². The molecule has 0 spiro atoms. The van der Waals surface area contributed by atoms with E-state index >= 15 is 0 Å². The number of nitrogens with zero attached hydrogens (tertiary/aromatic N) is 2. The summed E-state index contributed by atoms with van der Waals surface area (Å²) in [6, 6.07) is 0. The second-order valence-corrected chi connectivity index (χ2v) is 3.11. The fraction of sp³-hybridized carbons (Fsp3) is 0.500. The molecule has 1 N–H and O–H groups in total. The fourth-order valence-electron chi connectivity index (χ4n) is 1.12. The predicted octanol–water partition coefficient (Wildman–Crippen LogP) is 1.13. The van der Waals surface area contributed by atoms with Gasteiger partial charge < -0.3 is 5.32 Å². The number of aryl methyl sites for hydroxylation is 2. The van der Waals surface area contributed by atoms with E-state index in [4.69, 9.17) is 11.6 Å². The lowest BCUT2D eigenvalue weighted by Crippen LogP contribution is -2.25. The number of amides is 1. The zero-order valence-corrected chi connectivity index (χ0v) is 8.64. The average Bonchev–Trinajstić information content (AvgIpc) is 2.27. The quantitative estimate of drug-likeness (QED) is 0.780. The van der Waals surface area contributed by atoms with Gasteiger partial charge in [-0.25, -0.2) is 0 Å². The predicted molar refractivity (Wildman–Crippen MR) is 51.0 cm³/mol. The third kappa shape index (κ3) is 1.83. The van der Waals surface area contributed by atoms with Crippen molar-refractivity contribution in [3.63, 3.8) is 0 Å². The minimum Gasteiger partial charge on any atom is -0.351 e. The highest BCUT2D eigenvalue weighted by Crippen LogP contribution is 2.18. The molecule has 72 valence electrons. The molecule has 0 unspecified atom stereocenters. The van der Waals surface area contributed by atoms with Crippen LogP contribution in [0.3, 0.4) is 0 Å².